The van der Waals surface area contributed by atoms with E-state index in [0.717, 1.165) is 32.5 Å². The van der Waals surface area contributed by atoms with Crippen molar-refractivity contribution in [3.63, 3.8) is 0 Å². The van der Waals surface area contributed by atoms with Crippen molar-refractivity contribution >= 4 is 10.2 Å². The van der Waals surface area contributed by atoms with Crippen LogP contribution in [0.15, 0.2) is 0 Å². The average molecular weight is 292 g/mol. The molecule has 1 saturated heterocycles. The summed E-state index contributed by atoms with van der Waals surface area (Å²) in [5.41, 5.74) is 0. The van der Waals surface area contributed by atoms with E-state index in [2.05, 4.69) is 10.2 Å². The lowest BCUT2D eigenvalue weighted by Crippen LogP contribution is -2.48. The van der Waals surface area contributed by atoms with Gasteiger partial charge in [0.1, 0.15) is 0 Å². The van der Waals surface area contributed by atoms with E-state index in [1.165, 1.54) is 4.31 Å². The molecule has 0 aliphatic carbocycles. The molecular formula is C12H28N4O2S. The molecule has 1 aliphatic heterocycles. The second-order valence-corrected chi connectivity index (χ2v) is 7.35. The van der Waals surface area contributed by atoms with E-state index in [1.807, 2.05) is 21.0 Å². The van der Waals surface area contributed by atoms with E-state index in [9.17, 15) is 8.42 Å². The van der Waals surface area contributed by atoms with Crippen LogP contribution >= 0.6 is 0 Å². The predicted octanol–water partition coefficient (Wildman–Crippen LogP) is -0.201. The number of rotatable bonds is 6. The maximum Gasteiger partial charge on any atom is 0.282 e. The second-order valence-electron chi connectivity index (χ2n) is 5.36. The molecule has 1 unspecified atom stereocenters. The van der Waals surface area contributed by atoms with Gasteiger partial charge in [-0.05, 0) is 47.0 Å². The molecule has 0 amide bonds. The SMILES string of the molecule is CNCCCN(C)S(=O)(=O)N1CCCN(C)CC1C. The molecule has 0 bridgehead atoms. The van der Waals surface area contributed by atoms with Crippen LogP contribution in [0.3, 0.4) is 0 Å². The maximum atomic E-state index is 12.6. The zero-order valence-corrected chi connectivity index (χ0v) is 13.4. The van der Waals surface area contributed by atoms with Crippen LogP contribution in [-0.2, 0) is 10.2 Å². The minimum atomic E-state index is -3.33. The molecule has 6 nitrogen and oxygen atoms in total. The first-order chi connectivity index (χ1) is 8.89. The third kappa shape index (κ3) is 4.68. The monoisotopic (exact) mass is 292 g/mol. The number of likely N-dealkylation sites (N-methyl/N-ethyl adjacent to an activating group) is 1. The van der Waals surface area contributed by atoms with Crippen molar-refractivity contribution in [2.75, 3.05) is 53.9 Å². The fraction of sp³-hybridized carbons (Fsp3) is 1.00. The quantitative estimate of drug-likeness (QED) is 0.689. The van der Waals surface area contributed by atoms with E-state index >= 15 is 0 Å². The van der Waals surface area contributed by atoms with Crippen molar-refractivity contribution in [2.24, 2.45) is 0 Å². The Hall–Kier alpha value is -0.210. The molecule has 0 aromatic rings. The van der Waals surface area contributed by atoms with Gasteiger partial charge in [0.15, 0.2) is 0 Å². The Morgan fingerprint density at radius 3 is 2.68 bits per heavy atom. The lowest BCUT2D eigenvalue weighted by molar-refractivity contribution is 0.276. The van der Waals surface area contributed by atoms with Crippen LogP contribution in [0.4, 0.5) is 0 Å². The Kier molecular flexibility index (Phi) is 6.68. The summed E-state index contributed by atoms with van der Waals surface area (Å²) in [7, 11) is 2.27. The first kappa shape index (κ1) is 16.8. The molecule has 0 saturated carbocycles. The first-order valence-electron chi connectivity index (χ1n) is 6.96. The Morgan fingerprint density at radius 1 is 1.37 bits per heavy atom. The fourth-order valence-electron chi connectivity index (χ4n) is 2.47. The maximum absolute atomic E-state index is 12.6. The predicted molar refractivity (Wildman–Crippen MR) is 78.4 cm³/mol. The third-order valence-electron chi connectivity index (χ3n) is 3.58. The molecule has 0 spiro atoms. The molecule has 1 fully saturated rings. The summed E-state index contributed by atoms with van der Waals surface area (Å²) in [6.07, 6.45) is 1.72. The highest BCUT2D eigenvalue weighted by Crippen LogP contribution is 2.16. The number of nitrogens with zero attached hydrogens (tertiary/aromatic N) is 3. The molecule has 1 N–H and O–H groups in total. The van der Waals surface area contributed by atoms with Crippen LogP contribution in [0.25, 0.3) is 0 Å². The highest BCUT2D eigenvalue weighted by Gasteiger charge is 2.32. The minimum absolute atomic E-state index is 0.0317. The van der Waals surface area contributed by atoms with Crippen molar-refractivity contribution in [3.8, 4) is 0 Å². The second kappa shape index (κ2) is 7.54. The lowest BCUT2D eigenvalue weighted by Gasteiger charge is -2.31. The summed E-state index contributed by atoms with van der Waals surface area (Å²) in [4.78, 5) is 2.20. The summed E-state index contributed by atoms with van der Waals surface area (Å²) in [6.45, 7) is 5.74. The number of hydrogen-bond acceptors (Lipinski definition) is 4. The van der Waals surface area contributed by atoms with Gasteiger partial charge in [-0.15, -0.1) is 0 Å². The largest absolute Gasteiger partial charge is 0.320 e. The molecule has 0 radical (unpaired) electrons. The zero-order valence-electron chi connectivity index (χ0n) is 12.6. The summed E-state index contributed by atoms with van der Waals surface area (Å²) in [5.74, 6) is 0. The van der Waals surface area contributed by atoms with Crippen molar-refractivity contribution < 1.29 is 8.42 Å². The van der Waals surface area contributed by atoms with Gasteiger partial charge in [0.2, 0.25) is 0 Å². The standard InChI is InChI=1S/C12H28N4O2S/c1-12-11-14(3)8-6-10-16(12)19(17,18)15(4)9-5-7-13-2/h12-13H,5-11H2,1-4H3. The Labute approximate surface area is 117 Å². The first-order valence-corrected chi connectivity index (χ1v) is 8.35. The van der Waals surface area contributed by atoms with Crippen molar-refractivity contribution in [1.29, 1.82) is 0 Å². The zero-order chi connectivity index (χ0) is 14.5. The summed E-state index contributed by atoms with van der Waals surface area (Å²) in [5, 5.41) is 3.04. The highest BCUT2D eigenvalue weighted by atomic mass is 32.2. The highest BCUT2D eigenvalue weighted by molar-refractivity contribution is 7.86. The summed E-state index contributed by atoms with van der Waals surface area (Å²) in [6, 6.07) is 0.0317. The molecule has 1 atom stereocenters. The topological polar surface area (TPSA) is 55.9 Å². The molecule has 19 heavy (non-hydrogen) atoms. The van der Waals surface area contributed by atoms with Gasteiger partial charge < -0.3 is 10.2 Å². The van der Waals surface area contributed by atoms with E-state index in [4.69, 9.17) is 0 Å². The van der Waals surface area contributed by atoms with Gasteiger partial charge >= 0.3 is 0 Å². The number of hydrogen-bond donors (Lipinski definition) is 1. The van der Waals surface area contributed by atoms with Crippen molar-refractivity contribution in [2.45, 2.75) is 25.8 Å². The average Bonchev–Trinajstić information content (AvgIpc) is 2.50. The lowest BCUT2D eigenvalue weighted by atomic mass is 10.3. The van der Waals surface area contributed by atoms with Crippen LogP contribution in [0.5, 0.6) is 0 Å². The van der Waals surface area contributed by atoms with Gasteiger partial charge in [0.05, 0.1) is 0 Å². The molecule has 0 aromatic carbocycles. The molecule has 0 aromatic heterocycles. The van der Waals surface area contributed by atoms with Crippen LogP contribution in [0.1, 0.15) is 19.8 Å². The molecular weight excluding hydrogens is 264 g/mol. The summed E-state index contributed by atoms with van der Waals surface area (Å²) >= 11 is 0. The molecule has 1 rings (SSSR count). The van der Waals surface area contributed by atoms with Crippen LogP contribution in [-0.4, -0.2) is 81.8 Å². The van der Waals surface area contributed by atoms with Crippen LogP contribution in [0, 0.1) is 0 Å². The van der Waals surface area contributed by atoms with Gasteiger partial charge in [-0.1, -0.05) is 0 Å². The Morgan fingerprint density at radius 2 is 2.05 bits per heavy atom. The van der Waals surface area contributed by atoms with E-state index in [1.54, 1.807) is 11.4 Å². The number of nitrogens with one attached hydrogen (secondary N) is 1. The van der Waals surface area contributed by atoms with E-state index in [-0.39, 0.29) is 6.04 Å². The molecule has 1 aliphatic rings. The van der Waals surface area contributed by atoms with Crippen molar-refractivity contribution in [3.05, 3.63) is 0 Å². The summed E-state index contributed by atoms with van der Waals surface area (Å²) < 4.78 is 28.3. The molecule has 114 valence electrons. The van der Waals surface area contributed by atoms with E-state index in [0.29, 0.717) is 13.1 Å². The normalized spacial score (nSPS) is 23.7. The molecule has 1 heterocycles. The third-order valence-corrected chi connectivity index (χ3v) is 5.68. The van der Waals surface area contributed by atoms with Crippen LogP contribution in [0.2, 0.25) is 0 Å². The van der Waals surface area contributed by atoms with Gasteiger partial charge in [-0.2, -0.15) is 17.0 Å². The van der Waals surface area contributed by atoms with Gasteiger partial charge in [0, 0.05) is 32.7 Å². The van der Waals surface area contributed by atoms with Crippen molar-refractivity contribution in [1.82, 2.24) is 18.8 Å². The Balaban J connectivity index is 2.68. The minimum Gasteiger partial charge on any atom is -0.320 e. The smallest absolute Gasteiger partial charge is 0.282 e. The molecule has 7 heteroatoms. The van der Waals surface area contributed by atoms with Gasteiger partial charge in [-0.3, -0.25) is 0 Å². The Bertz CT molecular complexity index is 361. The van der Waals surface area contributed by atoms with Gasteiger partial charge in [0.25, 0.3) is 10.2 Å². The van der Waals surface area contributed by atoms with Gasteiger partial charge in [-0.25, -0.2) is 0 Å². The fourth-order valence-corrected chi connectivity index (χ4v) is 4.07. The van der Waals surface area contributed by atoms with Crippen LogP contribution < -0.4 is 5.32 Å². The van der Waals surface area contributed by atoms with E-state index < -0.39 is 10.2 Å².